The number of hydrogen-bond acceptors (Lipinski definition) is 5. The molecule has 154 valence electrons. The van der Waals surface area contributed by atoms with Crippen molar-refractivity contribution in [3.63, 3.8) is 0 Å². The summed E-state index contributed by atoms with van der Waals surface area (Å²) in [6, 6.07) is 24.8. The summed E-state index contributed by atoms with van der Waals surface area (Å²) < 4.78 is 10.4. The van der Waals surface area contributed by atoms with Crippen molar-refractivity contribution in [2.24, 2.45) is 0 Å². The molecule has 6 nitrogen and oxygen atoms in total. The van der Waals surface area contributed by atoms with E-state index < -0.39 is 0 Å². The molecule has 0 spiro atoms. The van der Waals surface area contributed by atoms with Crippen molar-refractivity contribution >= 4 is 44.4 Å². The van der Waals surface area contributed by atoms with Crippen LogP contribution in [0.3, 0.4) is 0 Å². The van der Waals surface area contributed by atoms with Crippen molar-refractivity contribution in [2.45, 2.75) is 5.16 Å². The fraction of sp³-hybridized carbons (Fsp3) is 0.0870. The number of aromatic nitrogens is 4. The van der Waals surface area contributed by atoms with Gasteiger partial charge in [0.1, 0.15) is 5.75 Å². The van der Waals surface area contributed by atoms with Gasteiger partial charge in [-0.1, -0.05) is 58.0 Å². The molecule has 0 atom stereocenters. The number of benzene rings is 3. The van der Waals surface area contributed by atoms with Gasteiger partial charge in [-0.2, -0.15) is 0 Å². The van der Waals surface area contributed by atoms with Crippen LogP contribution in [0.1, 0.15) is 0 Å². The van der Waals surface area contributed by atoms with E-state index in [-0.39, 0.29) is 5.56 Å². The molecule has 0 saturated heterocycles. The van der Waals surface area contributed by atoms with Crippen LogP contribution in [-0.2, 0) is 0 Å². The molecule has 2 heterocycles. The van der Waals surface area contributed by atoms with Gasteiger partial charge in [-0.15, -0.1) is 10.2 Å². The Morgan fingerprint density at radius 1 is 0.903 bits per heavy atom. The molecule has 0 radical (unpaired) electrons. The summed E-state index contributed by atoms with van der Waals surface area (Å²) in [5.74, 6) is 2.00. The summed E-state index contributed by atoms with van der Waals surface area (Å²) >= 11 is 4.97. The zero-order valence-electron chi connectivity index (χ0n) is 16.3. The van der Waals surface area contributed by atoms with E-state index in [1.54, 1.807) is 16.3 Å². The summed E-state index contributed by atoms with van der Waals surface area (Å²) in [4.78, 5) is 13.2. The third-order valence-corrected chi connectivity index (χ3v) is 6.23. The highest BCUT2D eigenvalue weighted by Crippen LogP contribution is 2.23. The topological polar surface area (TPSA) is 61.4 Å². The Morgan fingerprint density at radius 2 is 1.65 bits per heavy atom. The lowest BCUT2D eigenvalue weighted by Crippen LogP contribution is -2.21. The minimum atomic E-state index is -0.114. The van der Waals surface area contributed by atoms with E-state index in [2.05, 4.69) is 26.1 Å². The van der Waals surface area contributed by atoms with E-state index >= 15 is 0 Å². The zero-order valence-corrected chi connectivity index (χ0v) is 18.7. The number of thioether (sulfide) groups is 1. The van der Waals surface area contributed by atoms with Gasteiger partial charge in [0.25, 0.3) is 5.56 Å². The predicted octanol–water partition coefficient (Wildman–Crippen LogP) is 4.97. The Kier molecular flexibility index (Phi) is 5.48. The number of para-hydroxylation sites is 2. The summed E-state index contributed by atoms with van der Waals surface area (Å²) in [6.45, 7) is 0.525. The highest BCUT2D eigenvalue weighted by atomic mass is 79.9. The zero-order chi connectivity index (χ0) is 21.2. The molecular weight excluding hydrogens is 476 g/mol. The van der Waals surface area contributed by atoms with Crippen LogP contribution < -0.4 is 10.3 Å². The monoisotopic (exact) mass is 492 g/mol. The summed E-state index contributed by atoms with van der Waals surface area (Å²) in [6.07, 6.45) is 0. The first-order valence-electron chi connectivity index (χ1n) is 9.68. The normalized spacial score (nSPS) is 11.3. The number of nitrogens with zero attached hydrogens (tertiary/aromatic N) is 4. The van der Waals surface area contributed by atoms with Crippen molar-refractivity contribution in [1.82, 2.24) is 19.2 Å². The molecule has 0 N–H and O–H groups in total. The van der Waals surface area contributed by atoms with Gasteiger partial charge in [0.2, 0.25) is 5.78 Å². The van der Waals surface area contributed by atoms with Gasteiger partial charge in [0.05, 0.1) is 23.2 Å². The first kappa shape index (κ1) is 19.8. The van der Waals surface area contributed by atoms with Crippen LogP contribution in [0.5, 0.6) is 5.75 Å². The van der Waals surface area contributed by atoms with Gasteiger partial charge < -0.3 is 4.74 Å². The molecule has 31 heavy (non-hydrogen) atoms. The van der Waals surface area contributed by atoms with E-state index in [9.17, 15) is 4.79 Å². The van der Waals surface area contributed by atoms with Crippen LogP contribution in [0.2, 0.25) is 0 Å². The molecule has 2 aromatic heterocycles. The van der Waals surface area contributed by atoms with E-state index in [0.717, 1.165) is 26.6 Å². The Morgan fingerprint density at radius 3 is 2.45 bits per heavy atom. The maximum Gasteiger partial charge on any atom is 0.267 e. The fourth-order valence-electron chi connectivity index (χ4n) is 3.41. The van der Waals surface area contributed by atoms with Gasteiger partial charge in [-0.25, -0.2) is 4.57 Å². The van der Waals surface area contributed by atoms with Crippen LogP contribution in [0.15, 0.2) is 93.3 Å². The van der Waals surface area contributed by atoms with Gasteiger partial charge in [0.15, 0.2) is 5.16 Å². The molecule has 5 aromatic rings. The molecule has 0 fully saturated rings. The lowest BCUT2D eigenvalue weighted by atomic mass is 10.2. The maximum atomic E-state index is 13.2. The number of halogens is 1. The average Bonchev–Trinajstić information content (AvgIpc) is 3.22. The highest BCUT2D eigenvalue weighted by Gasteiger charge is 2.17. The largest absolute Gasteiger partial charge is 0.493 e. The van der Waals surface area contributed by atoms with Gasteiger partial charge in [0, 0.05) is 10.2 Å². The fourth-order valence-corrected chi connectivity index (χ4v) is 4.43. The third-order valence-electron chi connectivity index (χ3n) is 4.81. The summed E-state index contributed by atoms with van der Waals surface area (Å²) in [5.41, 5.74) is 1.43. The van der Waals surface area contributed by atoms with Crippen LogP contribution in [-0.4, -0.2) is 31.5 Å². The van der Waals surface area contributed by atoms with Crippen LogP contribution in [0.25, 0.3) is 22.4 Å². The highest BCUT2D eigenvalue weighted by molar-refractivity contribution is 9.10. The molecule has 0 unspecified atom stereocenters. The Labute approximate surface area is 190 Å². The second-order valence-electron chi connectivity index (χ2n) is 6.76. The molecule has 0 aliphatic heterocycles. The SMILES string of the molecule is O=c1c2ccccc2n2c(SCCOc3ccc(Br)cc3)nnc2n1-c1ccccc1. The number of rotatable bonds is 6. The first-order valence-corrected chi connectivity index (χ1v) is 11.5. The molecule has 0 saturated carbocycles. The molecule has 0 bridgehead atoms. The van der Waals surface area contributed by atoms with E-state index in [1.165, 1.54) is 0 Å². The summed E-state index contributed by atoms with van der Waals surface area (Å²) in [7, 11) is 0. The molecule has 3 aromatic carbocycles. The molecule has 0 aliphatic rings. The Balaban J connectivity index is 1.50. The molecule has 0 aliphatic carbocycles. The third kappa shape index (κ3) is 3.84. The van der Waals surface area contributed by atoms with Crippen molar-refractivity contribution in [3.05, 3.63) is 93.7 Å². The standard InChI is InChI=1S/C23H17BrN4O2S/c24-16-10-12-18(13-11-16)30-14-15-31-23-26-25-22-27(17-6-2-1-3-7-17)21(29)19-8-4-5-9-20(19)28(22)23/h1-13H,14-15H2. The van der Waals surface area contributed by atoms with E-state index in [4.69, 9.17) is 4.74 Å². The minimum absolute atomic E-state index is 0.114. The van der Waals surface area contributed by atoms with Gasteiger partial charge >= 0.3 is 0 Å². The van der Waals surface area contributed by atoms with Crippen molar-refractivity contribution in [3.8, 4) is 11.4 Å². The second-order valence-corrected chi connectivity index (χ2v) is 8.74. The first-order chi connectivity index (χ1) is 15.2. The number of hydrogen-bond donors (Lipinski definition) is 0. The molecular formula is C23H17BrN4O2S. The van der Waals surface area contributed by atoms with Crippen molar-refractivity contribution in [1.29, 1.82) is 0 Å². The maximum absolute atomic E-state index is 13.2. The van der Waals surface area contributed by atoms with Crippen molar-refractivity contribution < 1.29 is 4.74 Å². The smallest absolute Gasteiger partial charge is 0.267 e. The minimum Gasteiger partial charge on any atom is -0.493 e. The van der Waals surface area contributed by atoms with Gasteiger partial charge in [-0.05, 0) is 48.5 Å². The predicted molar refractivity (Wildman–Crippen MR) is 126 cm³/mol. The van der Waals surface area contributed by atoms with Crippen LogP contribution in [0.4, 0.5) is 0 Å². The molecule has 5 rings (SSSR count). The summed E-state index contributed by atoms with van der Waals surface area (Å²) in [5, 5.41) is 10.1. The van der Waals surface area contributed by atoms with E-state index in [0.29, 0.717) is 23.5 Å². The lowest BCUT2D eigenvalue weighted by Gasteiger charge is -2.11. The molecule has 0 amide bonds. The van der Waals surface area contributed by atoms with Crippen LogP contribution >= 0.6 is 27.7 Å². The van der Waals surface area contributed by atoms with E-state index in [1.807, 2.05) is 83.3 Å². The lowest BCUT2D eigenvalue weighted by molar-refractivity contribution is 0.344. The second kappa shape index (κ2) is 8.56. The Bertz CT molecular complexity index is 1420. The van der Waals surface area contributed by atoms with Gasteiger partial charge in [-0.3, -0.25) is 9.20 Å². The molecule has 8 heteroatoms. The van der Waals surface area contributed by atoms with Crippen molar-refractivity contribution in [2.75, 3.05) is 12.4 Å². The Hall–Kier alpha value is -3.10. The average molecular weight is 493 g/mol. The van der Waals surface area contributed by atoms with Crippen LogP contribution in [0, 0.1) is 0 Å². The quantitative estimate of drug-likeness (QED) is 0.247. The number of ether oxygens (including phenoxy) is 1. The number of fused-ring (bicyclic) bond motifs is 3.